The smallest absolute Gasteiger partial charge is 0.253 e. The van der Waals surface area contributed by atoms with Crippen LogP contribution in [0.2, 0.25) is 0 Å². The van der Waals surface area contributed by atoms with Crippen LogP contribution in [0.4, 0.5) is 5.69 Å². The molecular weight excluding hydrogens is 236 g/mol. The van der Waals surface area contributed by atoms with Gasteiger partial charge in [0.2, 0.25) is 0 Å². The summed E-state index contributed by atoms with van der Waals surface area (Å²) in [5, 5.41) is 3.22. The molecule has 3 nitrogen and oxygen atoms in total. The summed E-state index contributed by atoms with van der Waals surface area (Å²) in [6.45, 7) is 11.5. The zero-order chi connectivity index (χ0) is 14.6. The van der Waals surface area contributed by atoms with Crippen molar-refractivity contribution in [2.45, 2.75) is 40.7 Å². The van der Waals surface area contributed by atoms with Crippen molar-refractivity contribution in [1.29, 1.82) is 0 Å². The zero-order valence-electron chi connectivity index (χ0n) is 12.9. The van der Waals surface area contributed by atoms with Crippen LogP contribution in [0.25, 0.3) is 0 Å². The molecule has 19 heavy (non-hydrogen) atoms. The molecule has 0 spiro atoms. The van der Waals surface area contributed by atoms with Crippen LogP contribution in [0.1, 0.15) is 45.0 Å². The van der Waals surface area contributed by atoms with Gasteiger partial charge in [0.25, 0.3) is 5.91 Å². The van der Waals surface area contributed by atoms with Gasteiger partial charge in [-0.25, -0.2) is 0 Å². The highest BCUT2D eigenvalue weighted by Gasteiger charge is 2.27. The predicted molar refractivity (Wildman–Crippen MR) is 81.6 cm³/mol. The van der Waals surface area contributed by atoms with E-state index < -0.39 is 0 Å². The van der Waals surface area contributed by atoms with Crippen LogP contribution in [-0.4, -0.2) is 30.4 Å². The fourth-order valence-electron chi connectivity index (χ4n) is 1.90. The standard InChI is InChI=1S/C16H26N2O/c1-7-17-14-10-8-13(9-11-14)15(19)18(6)12(2)16(3,4)5/h8-12,17H,7H2,1-6H3. The first-order chi connectivity index (χ1) is 8.77. The van der Waals surface area contributed by atoms with E-state index in [1.807, 2.05) is 36.2 Å². The van der Waals surface area contributed by atoms with Gasteiger partial charge >= 0.3 is 0 Å². The molecule has 0 saturated heterocycles. The van der Waals surface area contributed by atoms with Crippen LogP contribution < -0.4 is 5.32 Å². The molecule has 1 amide bonds. The van der Waals surface area contributed by atoms with E-state index in [1.54, 1.807) is 0 Å². The first-order valence-electron chi connectivity index (χ1n) is 6.88. The van der Waals surface area contributed by atoms with Gasteiger partial charge in [0.1, 0.15) is 0 Å². The minimum Gasteiger partial charge on any atom is -0.385 e. The quantitative estimate of drug-likeness (QED) is 0.898. The Morgan fingerprint density at radius 2 is 1.79 bits per heavy atom. The molecule has 0 heterocycles. The summed E-state index contributed by atoms with van der Waals surface area (Å²) in [6.07, 6.45) is 0. The van der Waals surface area contributed by atoms with Crippen LogP contribution in [0, 0.1) is 5.41 Å². The van der Waals surface area contributed by atoms with Crippen molar-refractivity contribution in [3.63, 3.8) is 0 Å². The Hall–Kier alpha value is -1.51. The highest BCUT2D eigenvalue weighted by molar-refractivity contribution is 5.94. The predicted octanol–water partition coefficient (Wildman–Crippen LogP) is 3.63. The number of rotatable bonds is 4. The van der Waals surface area contributed by atoms with Gasteiger partial charge in [0.15, 0.2) is 0 Å². The number of amides is 1. The molecule has 106 valence electrons. The first kappa shape index (κ1) is 15.5. The second kappa shape index (κ2) is 6.09. The van der Waals surface area contributed by atoms with Gasteiger partial charge in [0.05, 0.1) is 0 Å². The maximum absolute atomic E-state index is 12.4. The Balaban J connectivity index is 2.82. The van der Waals surface area contributed by atoms with E-state index in [9.17, 15) is 4.79 Å². The minimum atomic E-state index is 0.0745. The van der Waals surface area contributed by atoms with Crippen molar-refractivity contribution in [2.75, 3.05) is 18.9 Å². The summed E-state index contributed by atoms with van der Waals surface area (Å²) in [5.41, 5.74) is 1.86. The molecular formula is C16H26N2O. The summed E-state index contributed by atoms with van der Waals surface area (Å²) in [4.78, 5) is 14.2. The Kier molecular flexibility index (Phi) is 4.98. The van der Waals surface area contributed by atoms with E-state index in [4.69, 9.17) is 0 Å². The minimum absolute atomic E-state index is 0.0745. The van der Waals surface area contributed by atoms with Gasteiger partial charge < -0.3 is 10.2 Å². The fraction of sp³-hybridized carbons (Fsp3) is 0.562. The molecule has 1 aromatic rings. The van der Waals surface area contributed by atoms with E-state index in [0.29, 0.717) is 0 Å². The highest BCUT2D eigenvalue weighted by Crippen LogP contribution is 2.24. The molecule has 1 N–H and O–H groups in total. The van der Waals surface area contributed by atoms with Crippen molar-refractivity contribution in [2.24, 2.45) is 5.41 Å². The van der Waals surface area contributed by atoms with Gasteiger partial charge in [-0.15, -0.1) is 0 Å². The molecule has 0 aliphatic heterocycles. The Labute approximate surface area is 117 Å². The third kappa shape index (κ3) is 3.98. The molecule has 3 heteroatoms. The second-order valence-electron chi connectivity index (χ2n) is 6.07. The second-order valence-corrected chi connectivity index (χ2v) is 6.07. The molecule has 0 fully saturated rings. The van der Waals surface area contributed by atoms with Gasteiger partial charge in [-0.1, -0.05) is 20.8 Å². The lowest BCUT2D eigenvalue weighted by atomic mass is 9.87. The lowest BCUT2D eigenvalue weighted by Gasteiger charge is -2.35. The molecule has 1 rings (SSSR count). The third-order valence-corrected chi connectivity index (χ3v) is 3.67. The summed E-state index contributed by atoms with van der Waals surface area (Å²) in [7, 11) is 1.87. The molecule has 0 aliphatic carbocycles. The molecule has 1 aromatic carbocycles. The monoisotopic (exact) mass is 262 g/mol. The summed E-state index contributed by atoms with van der Waals surface area (Å²) in [5.74, 6) is 0.0745. The Morgan fingerprint density at radius 1 is 1.26 bits per heavy atom. The van der Waals surface area contributed by atoms with Crippen LogP contribution in [0.5, 0.6) is 0 Å². The maximum atomic E-state index is 12.4. The normalized spacial score (nSPS) is 12.9. The number of benzene rings is 1. The number of anilines is 1. The number of carbonyl (C=O) groups is 1. The lowest BCUT2D eigenvalue weighted by Crippen LogP contribution is -2.42. The zero-order valence-corrected chi connectivity index (χ0v) is 12.9. The van der Waals surface area contributed by atoms with Crippen molar-refractivity contribution in [3.8, 4) is 0 Å². The van der Waals surface area contributed by atoms with Crippen molar-refractivity contribution >= 4 is 11.6 Å². The van der Waals surface area contributed by atoms with Crippen molar-refractivity contribution in [3.05, 3.63) is 29.8 Å². The maximum Gasteiger partial charge on any atom is 0.253 e. The largest absolute Gasteiger partial charge is 0.385 e. The molecule has 0 bridgehead atoms. The van der Waals surface area contributed by atoms with E-state index in [0.717, 1.165) is 17.8 Å². The van der Waals surface area contributed by atoms with Crippen LogP contribution in [0.15, 0.2) is 24.3 Å². The van der Waals surface area contributed by atoms with Crippen molar-refractivity contribution in [1.82, 2.24) is 4.90 Å². The van der Waals surface area contributed by atoms with Gasteiger partial charge in [-0.2, -0.15) is 0 Å². The molecule has 0 aromatic heterocycles. The summed E-state index contributed by atoms with van der Waals surface area (Å²) >= 11 is 0. The van der Waals surface area contributed by atoms with Crippen LogP contribution >= 0.6 is 0 Å². The highest BCUT2D eigenvalue weighted by atomic mass is 16.2. The number of nitrogens with zero attached hydrogens (tertiary/aromatic N) is 1. The first-order valence-corrected chi connectivity index (χ1v) is 6.88. The molecule has 0 aliphatic rings. The Morgan fingerprint density at radius 3 is 2.21 bits per heavy atom. The Bertz CT molecular complexity index is 417. The number of hydrogen-bond donors (Lipinski definition) is 1. The van der Waals surface area contributed by atoms with Crippen LogP contribution in [0.3, 0.4) is 0 Å². The van der Waals surface area contributed by atoms with Crippen molar-refractivity contribution < 1.29 is 4.79 Å². The van der Waals surface area contributed by atoms with E-state index in [-0.39, 0.29) is 17.4 Å². The molecule has 1 unspecified atom stereocenters. The average Bonchev–Trinajstić information content (AvgIpc) is 2.36. The number of hydrogen-bond acceptors (Lipinski definition) is 2. The average molecular weight is 262 g/mol. The van der Waals surface area contributed by atoms with Gasteiger partial charge in [0, 0.05) is 30.9 Å². The van der Waals surface area contributed by atoms with Gasteiger partial charge in [-0.3, -0.25) is 4.79 Å². The summed E-state index contributed by atoms with van der Waals surface area (Å²) < 4.78 is 0. The number of carbonyl (C=O) groups excluding carboxylic acids is 1. The fourth-order valence-corrected chi connectivity index (χ4v) is 1.90. The van der Waals surface area contributed by atoms with E-state index in [2.05, 4.69) is 39.9 Å². The SMILES string of the molecule is CCNc1ccc(C(=O)N(C)C(C)C(C)(C)C)cc1. The van der Waals surface area contributed by atoms with E-state index >= 15 is 0 Å². The summed E-state index contributed by atoms with van der Waals surface area (Å²) in [6, 6.07) is 7.85. The third-order valence-electron chi connectivity index (χ3n) is 3.67. The van der Waals surface area contributed by atoms with Gasteiger partial charge in [-0.05, 0) is 43.5 Å². The molecule has 1 atom stereocenters. The molecule has 0 radical (unpaired) electrons. The lowest BCUT2D eigenvalue weighted by molar-refractivity contribution is 0.0629. The topological polar surface area (TPSA) is 32.3 Å². The number of nitrogens with one attached hydrogen (secondary N) is 1. The van der Waals surface area contributed by atoms with Crippen LogP contribution in [-0.2, 0) is 0 Å². The molecule has 0 saturated carbocycles. The van der Waals surface area contributed by atoms with E-state index in [1.165, 1.54) is 0 Å².